The van der Waals surface area contributed by atoms with Gasteiger partial charge in [0.15, 0.2) is 0 Å². The first-order valence-corrected chi connectivity index (χ1v) is 8.05. The summed E-state index contributed by atoms with van der Waals surface area (Å²) in [6.07, 6.45) is 8.07. The number of hydrogen-bond acceptors (Lipinski definition) is 5. The van der Waals surface area contributed by atoms with Gasteiger partial charge in [0.1, 0.15) is 24.4 Å². The molecule has 124 valence electrons. The van der Waals surface area contributed by atoms with E-state index in [9.17, 15) is 10.2 Å². The Morgan fingerprint density at radius 2 is 2.00 bits per heavy atom. The third-order valence-electron chi connectivity index (χ3n) is 3.71. The van der Waals surface area contributed by atoms with Crippen molar-refractivity contribution >= 4 is 0 Å². The SMILES string of the molecule is CCC/C=C/CCCCCO[C@@H]1CO[C@@H]([C@@H](O)CO)[C@H]1O. The van der Waals surface area contributed by atoms with Crippen molar-refractivity contribution in [2.24, 2.45) is 0 Å². The normalized spacial score (nSPS) is 27.5. The molecule has 5 heteroatoms. The van der Waals surface area contributed by atoms with E-state index in [1.807, 2.05) is 0 Å². The van der Waals surface area contributed by atoms with Crippen LogP contribution in [-0.2, 0) is 9.47 Å². The van der Waals surface area contributed by atoms with Crippen LogP contribution < -0.4 is 0 Å². The molecule has 0 bridgehead atoms. The fourth-order valence-electron chi connectivity index (χ4n) is 2.38. The molecule has 1 rings (SSSR count). The van der Waals surface area contributed by atoms with Crippen molar-refractivity contribution in [3.8, 4) is 0 Å². The van der Waals surface area contributed by atoms with Crippen LogP contribution in [-0.4, -0.2) is 59.6 Å². The van der Waals surface area contributed by atoms with E-state index in [0.29, 0.717) is 6.61 Å². The van der Waals surface area contributed by atoms with Gasteiger partial charge in [0.2, 0.25) is 0 Å². The van der Waals surface area contributed by atoms with Gasteiger partial charge in [-0.3, -0.25) is 0 Å². The van der Waals surface area contributed by atoms with Gasteiger partial charge in [-0.2, -0.15) is 0 Å². The molecule has 4 atom stereocenters. The van der Waals surface area contributed by atoms with E-state index < -0.39 is 31.0 Å². The molecule has 0 amide bonds. The highest BCUT2D eigenvalue weighted by Gasteiger charge is 2.40. The van der Waals surface area contributed by atoms with E-state index in [2.05, 4.69) is 19.1 Å². The largest absolute Gasteiger partial charge is 0.394 e. The fraction of sp³-hybridized carbons (Fsp3) is 0.875. The topological polar surface area (TPSA) is 79.2 Å². The number of ether oxygens (including phenoxy) is 2. The molecule has 0 aromatic heterocycles. The van der Waals surface area contributed by atoms with Crippen LogP contribution in [0.2, 0.25) is 0 Å². The number of aliphatic hydroxyl groups excluding tert-OH is 3. The van der Waals surface area contributed by atoms with E-state index in [0.717, 1.165) is 32.1 Å². The number of aliphatic hydroxyl groups is 3. The summed E-state index contributed by atoms with van der Waals surface area (Å²) in [5.41, 5.74) is 0. The maximum absolute atomic E-state index is 9.94. The standard InChI is InChI=1S/C16H30O5/c1-2-3-4-5-6-7-8-9-10-20-14-12-21-16(15(14)19)13(18)11-17/h4-5,13-19H,2-3,6-12H2,1H3/b5-4+/t13-,14+,15-,16-/m0/s1. The van der Waals surface area contributed by atoms with Crippen molar-refractivity contribution in [2.45, 2.75) is 69.9 Å². The third kappa shape index (κ3) is 6.89. The number of hydrogen-bond donors (Lipinski definition) is 3. The Morgan fingerprint density at radius 1 is 1.24 bits per heavy atom. The first-order valence-electron chi connectivity index (χ1n) is 8.05. The molecule has 1 fully saturated rings. The Labute approximate surface area is 127 Å². The molecule has 21 heavy (non-hydrogen) atoms. The maximum atomic E-state index is 9.94. The number of unbranched alkanes of at least 4 members (excludes halogenated alkanes) is 4. The molecule has 0 aromatic rings. The van der Waals surface area contributed by atoms with Crippen LogP contribution in [0.4, 0.5) is 0 Å². The highest BCUT2D eigenvalue weighted by atomic mass is 16.6. The van der Waals surface area contributed by atoms with E-state index in [1.54, 1.807) is 0 Å². The molecule has 0 aliphatic carbocycles. The Kier molecular flexibility index (Phi) is 9.87. The van der Waals surface area contributed by atoms with Crippen molar-refractivity contribution < 1.29 is 24.8 Å². The molecule has 1 heterocycles. The van der Waals surface area contributed by atoms with Crippen molar-refractivity contribution in [3.63, 3.8) is 0 Å². The zero-order valence-corrected chi connectivity index (χ0v) is 13.0. The summed E-state index contributed by atoms with van der Waals surface area (Å²) < 4.78 is 10.9. The number of rotatable bonds is 11. The lowest BCUT2D eigenvalue weighted by molar-refractivity contribution is -0.0730. The Morgan fingerprint density at radius 3 is 2.71 bits per heavy atom. The first kappa shape index (κ1) is 18.6. The van der Waals surface area contributed by atoms with Crippen LogP contribution in [0.3, 0.4) is 0 Å². The molecule has 0 aromatic carbocycles. The summed E-state index contributed by atoms with van der Waals surface area (Å²) in [6, 6.07) is 0. The second-order valence-corrected chi connectivity index (χ2v) is 5.56. The van der Waals surface area contributed by atoms with Gasteiger partial charge in [-0.25, -0.2) is 0 Å². The average Bonchev–Trinajstić information content (AvgIpc) is 2.86. The zero-order valence-electron chi connectivity index (χ0n) is 13.0. The Balaban J connectivity index is 2.03. The van der Waals surface area contributed by atoms with Crippen molar-refractivity contribution in [1.29, 1.82) is 0 Å². The minimum Gasteiger partial charge on any atom is -0.394 e. The molecular formula is C16H30O5. The molecule has 1 aliphatic rings. The smallest absolute Gasteiger partial charge is 0.114 e. The first-order chi connectivity index (χ1) is 10.2. The van der Waals surface area contributed by atoms with Gasteiger partial charge in [-0.1, -0.05) is 31.9 Å². The van der Waals surface area contributed by atoms with E-state index in [4.69, 9.17) is 14.6 Å². The summed E-state index contributed by atoms with van der Waals surface area (Å²) >= 11 is 0. The lowest BCUT2D eigenvalue weighted by atomic mass is 10.1. The van der Waals surface area contributed by atoms with Gasteiger partial charge in [0.05, 0.1) is 13.2 Å². The molecule has 3 N–H and O–H groups in total. The summed E-state index contributed by atoms with van der Waals surface area (Å²) in [6.45, 7) is 2.61. The van der Waals surface area contributed by atoms with Crippen LogP contribution in [0.25, 0.3) is 0 Å². The predicted octanol–water partition coefficient (Wildman–Crippen LogP) is 1.40. The Hall–Kier alpha value is -0.460. The van der Waals surface area contributed by atoms with Gasteiger partial charge in [0, 0.05) is 6.61 Å². The average molecular weight is 302 g/mol. The van der Waals surface area contributed by atoms with Gasteiger partial charge < -0.3 is 24.8 Å². The van der Waals surface area contributed by atoms with Gasteiger partial charge in [-0.15, -0.1) is 0 Å². The second-order valence-electron chi connectivity index (χ2n) is 5.56. The molecule has 0 saturated carbocycles. The molecule has 1 saturated heterocycles. The summed E-state index contributed by atoms with van der Waals surface area (Å²) in [5.74, 6) is 0. The molecular weight excluding hydrogens is 272 g/mol. The van der Waals surface area contributed by atoms with Crippen LogP contribution in [0.15, 0.2) is 12.2 Å². The van der Waals surface area contributed by atoms with Crippen molar-refractivity contribution in [2.75, 3.05) is 19.8 Å². The highest BCUT2D eigenvalue weighted by Crippen LogP contribution is 2.20. The van der Waals surface area contributed by atoms with Crippen LogP contribution >= 0.6 is 0 Å². The van der Waals surface area contributed by atoms with E-state index >= 15 is 0 Å². The minimum atomic E-state index is -1.05. The highest BCUT2D eigenvalue weighted by molar-refractivity contribution is 4.88. The Bertz CT molecular complexity index is 282. The summed E-state index contributed by atoms with van der Waals surface area (Å²) in [5, 5.41) is 28.3. The lowest BCUT2D eigenvalue weighted by Gasteiger charge is -2.20. The summed E-state index contributed by atoms with van der Waals surface area (Å²) in [7, 11) is 0. The zero-order chi connectivity index (χ0) is 15.5. The van der Waals surface area contributed by atoms with Gasteiger partial charge in [0.25, 0.3) is 0 Å². The fourth-order valence-corrected chi connectivity index (χ4v) is 2.38. The third-order valence-corrected chi connectivity index (χ3v) is 3.71. The van der Waals surface area contributed by atoms with Crippen LogP contribution in [0.5, 0.6) is 0 Å². The van der Waals surface area contributed by atoms with Crippen LogP contribution in [0, 0.1) is 0 Å². The molecule has 0 radical (unpaired) electrons. The van der Waals surface area contributed by atoms with Crippen molar-refractivity contribution in [1.82, 2.24) is 0 Å². The monoisotopic (exact) mass is 302 g/mol. The molecule has 0 spiro atoms. The summed E-state index contributed by atoms with van der Waals surface area (Å²) in [4.78, 5) is 0. The quantitative estimate of drug-likeness (QED) is 0.397. The van der Waals surface area contributed by atoms with E-state index in [1.165, 1.54) is 6.42 Å². The van der Waals surface area contributed by atoms with E-state index in [-0.39, 0.29) is 6.61 Å². The molecule has 1 aliphatic heterocycles. The minimum absolute atomic E-state index is 0.267. The van der Waals surface area contributed by atoms with Gasteiger partial charge in [-0.05, 0) is 25.7 Å². The van der Waals surface area contributed by atoms with Crippen molar-refractivity contribution in [3.05, 3.63) is 12.2 Å². The maximum Gasteiger partial charge on any atom is 0.114 e. The molecule has 0 unspecified atom stereocenters. The van der Waals surface area contributed by atoms with Crippen LogP contribution in [0.1, 0.15) is 45.4 Å². The second kappa shape index (κ2) is 11.2. The van der Waals surface area contributed by atoms with Gasteiger partial charge >= 0.3 is 0 Å². The lowest BCUT2D eigenvalue weighted by Crippen LogP contribution is -2.41. The predicted molar refractivity (Wildman–Crippen MR) is 81.1 cm³/mol. The molecule has 5 nitrogen and oxygen atoms in total. The number of allylic oxidation sites excluding steroid dienone is 2.